The van der Waals surface area contributed by atoms with Crippen LogP contribution >= 0.6 is 0 Å². The van der Waals surface area contributed by atoms with Crippen molar-refractivity contribution in [2.24, 2.45) is 11.8 Å². The fraction of sp³-hybridized carbons (Fsp3) is 0.909. The molecule has 1 saturated heterocycles. The van der Waals surface area contributed by atoms with Crippen LogP contribution in [0.4, 0.5) is 13.2 Å². The Morgan fingerprint density at radius 2 is 2.22 bits per heavy atom. The maximum atomic E-state index is 11.8. The number of ether oxygens (including phenoxy) is 2. The first kappa shape index (κ1) is 13.6. The molecule has 0 aromatic rings. The number of rotatable bonds is 4. The van der Waals surface area contributed by atoms with Gasteiger partial charge in [-0.3, -0.25) is 9.53 Å². The highest BCUT2D eigenvalue weighted by Gasteiger charge is 2.45. The van der Waals surface area contributed by atoms with Gasteiger partial charge in [0.1, 0.15) is 0 Å². The second-order valence-electron chi connectivity index (χ2n) is 4.78. The summed E-state index contributed by atoms with van der Waals surface area (Å²) in [6.45, 7) is 0.767. The van der Waals surface area contributed by atoms with Crippen LogP contribution in [0.1, 0.15) is 19.3 Å². The average Bonchev–Trinajstić information content (AvgIpc) is 3.06. The molecule has 2 rings (SSSR count). The molecule has 0 spiro atoms. The zero-order chi connectivity index (χ0) is 13.2. The minimum atomic E-state index is -4.61. The molecule has 2 aliphatic rings. The molecule has 2 unspecified atom stereocenters. The number of carbonyl (C=O) groups is 1. The van der Waals surface area contributed by atoms with Gasteiger partial charge in [0.05, 0.1) is 19.3 Å². The standard InChI is InChI=1S/C11H16F3NO3/c12-11(13,14)18-5-7-4-9(7)10(16)15-8-2-1-3-17-6-8/h7-9H,1-6H2,(H,15,16)/t7?,8-,9?/m0/s1. The molecule has 3 atom stereocenters. The first-order valence-electron chi connectivity index (χ1n) is 6.04. The Hall–Kier alpha value is -0.820. The van der Waals surface area contributed by atoms with Gasteiger partial charge in [0.15, 0.2) is 0 Å². The lowest BCUT2D eigenvalue weighted by Crippen LogP contribution is -2.41. The van der Waals surface area contributed by atoms with Gasteiger partial charge < -0.3 is 10.1 Å². The summed E-state index contributed by atoms with van der Waals surface area (Å²) in [5.41, 5.74) is 0. The Kier molecular flexibility index (Phi) is 4.11. The van der Waals surface area contributed by atoms with Crippen molar-refractivity contribution in [2.75, 3.05) is 19.8 Å². The summed E-state index contributed by atoms with van der Waals surface area (Å²) in [6, 6.07) is -0.00367. The van der Waals surface area contributed by atoms with Crippen LogP contribution in [0, 0.1) is 11.8 Å². The molecular formula is C11H16F3NO3. The predicted octanol–water partition coefficient (Wildman–Crippen LogP) is 1.45. The largest absolute Gasteiger partial charge is 0.522 e. The number of hydrogen-bond donors (Lipinski definition) is 1. The zero-order valence-electron chi connectivity index (χ0n) is 9.83. The summed E-state index contributed by atoms with van der Waals surface area (Å²) < 4.78 is 44.3. The predicted molar refractivity (Wildman–Crippen MR) is 55.6 cm³/mol. The Balaban J connectivity index is 1.66. The first-order chi connectivity index (χ1) is 8.46. The highest BCUT2D eigenvalue weighted by atomic mass is 19.4. The van der Waals surface area contributed by atoms with E-state index in [0.29, 0.717) is 19.6 Å². The molecule has 7 heteroatoms. The Labute approximate surface area is 103 Å². The van der Waals surface area contributed by atoms with Crippen molar-refractivity contribution < 1.29 is 27.4 Å². The Morgan fingerprint density at radius 1 is 1.44 bits per heavy atom. The van der Waals surface area contributed by atoms with E-state index in [9.17, 15) is 18.0 Å². The molecule has 4 nitrogen and oxygen atoms in total. The van der Waals surface area contributed by atoms with E-state index in [1.165, 1.54) is 0 Å². The number of carbonyl (C=O) groups excluding carboxylic acids is 1. The van der Waals surface area contributed by atoms with Crippen LogP contribution in [0.25, 0.3) is 0 Å². The molecule has 104 valence electrons. The van der Waals surface area contributed by atoms with Gasteiger partial charge in [0.25, 0.3) is 0 Å². The van der Waals surface area contributed by atoms with Crippen LogP contribution < -0.4 is 5.32 Å². The van der Waals surface area contributed by atoms with Crippen LogP contribution in [0.2, 0.25) is 0 Å². The summed E-state index contributed by atoms with van der Waals surface area (Å²) in [4.78, 5) is 11.7. The van der Waals surface area contributed by atoms with Gasteiger partial charge in [0.2, 0.25) is 5.91 Å². The number of alkyl halides is 3. The lowest BCUT2D eigenvalue weighted by atomic mass is 10.1. The van der Waals surface area contributed by atoms with Gasteiger partial charge in [0, 0.05) is 12.5 Å². The number of halogens is 3. The maximum Gasteiger partial charge on any atom is 0.522 e. The molecule has 1 amide bonds. The molecule has 0 radical (unpaired) electrons. The highest BCUT2D eigenvalue weighted by molar-refractivity contribution is 5.81. The number of amides is 1. The van der Waals surface area contributed by atoms with Crippen LogP contribution in [0.3, 0.4) is 0 Å². The SMILES string of the molecule is O=C(N[C@H]1CCCOC1)C1CC1COC(F)(F)F. The topological polar surface area (TPSA) is 47.6 Å². The molecule has 1 heterocycles. The fourth-order valence-corrected chi connectivity index (χ4v) is 2.12. The van der Waals surface area contributed by atoms with Gasteiger partial charge in [-0.1, -0.05) is 0 Å². The van der Waals surface area contributed by atoms with E-state index in [-0.39, 0.29) is 23.8 Å². The monoisotopic (exact) mass is 267 g/mol. The average molecular weight is 267 g/mol. The third-order valence-corrected chi connectivity index (χ3v) is 3.23. The zero-order valence-corrected chi connectivity index (χ0v) is 9.83. The smallest absolute Gasteiger partial charge is 0.379 e. The maximum absolute atomic E-state index is 11.8. The molecule has 1 saturated carbocycles. The molecule has 0 bridgehead atoms. The van der Waals surface area contributed by atoms with Crippen molar-refractivity contribution >= 4 is 5.91 Å². The van der Waals surface area contributed by atoms with Gasteiger partial charge in [-0.25, -0.2) is 0 Å². The van der Waals surface area contributed by atoms with Crippen molar-refractivity contribution in [1.29, 1.82) is 0 Å². The van der Waals surface area contributed by atoms with Gasteiger partial charge >= 0.3 is 6.36 Å². The molecule has 0 aromatic carbocycles. The summed E-state index contributed by atoms with van der Waals surface area (Å²) in [6.07, 6.45) is -2.38. The summed E-state index contributed by atoms with van der Waals surface area (Å²) >= 11 is 0. The third kappa shape index (κ3) is 4.13. The lowest BCUT2D eigenvalue weighted by molar-refractivity contribution is -0.326. The molecule has 18 heavy (non-hydrogen) atoms. The van der Waals surface area contributed by atoms with E-state index in [1.54, 1.807) is 0 Å². The minimum Gasteiger partial charge on any atom is -0.379 e. The normalized spacial score (nSPS) is 32.1. The van der Waals surface area contributed by atoms with Gasteiger partial charge in [-0.2, -0.15) is 0 Å². The molecular weight excluding hydrogens is 251 g/mol. The Morgan fingerprint density at radius 3 is 2.83 bits per heavy atom. The van der Waals surface area contributed by atoms with E-state index in [0.717, 1.165) is 12.8 Å². The quantitative estimate of drug-likeness (QED) is 0.838. The van der Waals surface area contributed by atoms with Crippen LogP contribution in [-0.2, 0) is 14.3 Å². The van der Waals surface area contributed by atoms with Crippen LogP contribution in [-0.4, -0.2) is 38.1 Å². The van der Waals surface area contributed by atoms with Gasteiger partial charge in [-0.05, 0) is 25.2 Å². The molecule has 0 aromatic heterocycles. The van der Waals surface area contributed by atoms with Crippen LogP contribution in [0.15, 0.2) is 0 Å². The van der Waals surface area contributed by atoms with Crippen molar-refractivity contribution in [3.05, 3.63) is 0 Å². The van der Waals surface area contributed by atoms with Crippen molar-refractivity contribution in [3.8, 4) is 0 Å². The summed E-state index contributed by atoms with van der Waals surface area (Å²) in [5, 5.41) is 2.81. The molecule has 2 fully saturated rings. The number of hydrogen-bond acceptors (Lipinski definition) is 3. The second kappa shape index (κ2) is 5.44. The number of nitrogens with one attached hydrogen (secondary N) is 1. The van der Waals surface area contributed by atoms with Crippen molar-refractivity contribution in [1.82, 2.24) is 5.32 Å². The van der Waals surface area contributed by atoms with E-state index < -0.39 is 13.0 Å². The van der Waals surface area contributed by atoms with Crippen molar-refractivity contribution in [3.63, 3.8) is 0 Å². The molecule has 1 aliphatic heterocycles. The van der Waals surface area contributed by atoms with Gasteiger partial charge in [-0.15, -0.1) is 13.2 Å². The molecule has 1 aliphatic carbocycles. The van der Waals surface area contributed by atoms with Crippen molar-refractivity contribution in [2.45, 2.75) is 31.7 Å². The third-order valence-electron chi connectivity index (χ3n) is 3.23. The molecule has 1 N–H and O–H groups in total. The minimum absolute atomic E-state index is 0.00367. The summed E-state index contributed by atoms with van der Waals surface area (Å²) in [5.74, 6) is -0.827. The second-order valence-corrected chi connectivity index (χ2v) is 4.78. The Bertz CT molecular complexity index is 302. The van der Waals surface area contributed by atoms with E-state index >= 15 is 0 Å². The van der Waals surface area contributed by atoms with E-state index in [1.807, 2.05) is 0 Å². The van der Waals surface area contributed by atoms with E-state index in [2.05, 4.69) is 10.1 Å². The van der Waals surface area contributed by atoms with Crippen LogP contribution in [0.5, 0.6) is 0 Å². The summed E-state index contributed by atoms with van der Waals surface area (Å²) in [7, 11) is 0. The first-order valence-corrected chi connectivity index (χ1v) is 6.04. The van der Waals surface area contributed by atoms with E-state index in [4.69, 9.17) is 4.74 Å². The lowest BCUT2D eigenvalue weighted by Gasteiger charge is -2.23. The highest BCUT2D eigenvalue weighted by Crippen LogP contribution is 2.40. The fourth-order valence-electron chi connectivity index (χ4n) is 2.12.